The van der Waals surface area contributed by atoms with Gasteiger partial charge in [-0.15, -0.1) is 0 Å². The number of benzene rings is 1. The van der Waals surface area contributed by atoms with E-state index < -0.39 is 17.5 Å². The zero-order valence-electron chi connectivity index (χ0n) is 17.6. The van der Waals surface area contributed by atoms with Crippen molar-refractivity contribution >= 4 is 23.5 Å². The van der Waals surface area contributed by atoms with Crippen LogP contribution in [0.4, 0.5) is 14.9 Å². The molecule has 1 aliphatic heterocycles. The van der Waals surface area contributed by atoms with Gasteiger partial charge >= 0.3 is 6.09 Å². The van der Waals surface area contributed by atoms with Crippen LogP contribution >= 0.6 is 0 Å². The van der Waals surface area contributed by atoms with E-state index in [1.54, 1.807) is 37.8 Å². The highest BCUT2D eigenvalue weighted by molar-refractivity contribution is 5.94. The van der Waals surface area contributed by atoms with Crippen LogP contribution in [-0.4, -0.2) is 61.0 Å². The lowest BCUT2D eigenvalue weighted by Gasteiger charge is -2.36. The number of Topliss-reactive ketones (excluding diaryl/α,β-unsaturated/α-hetero) is 1. The highest BCUT2D eigenvalue weighted by atomic mass is 19.1. The summed E-state index contributed by atoms with van der Waals surface area (Å²) in [7, 11) is 0. The monoisotopic (exact) mass is 407 g/mol. The smallest absolute Gasteiger partial charge is 0.407 e. The zero-order valence-corrected chi connectivity index (χ0v) is 17.6. The van der Waals surface area contributed by atoms with Crippen molar-refractivity contribution in [2.75, 3.05) is 37.6 Å². The Morgan fingerprint density at radius 1 is 1.14 bits per heavy atom. The van der Waals surface area contributed by atoms with E-state index >= 15 is 0 Å². The Morgan fingerprint density at radius 3 is 2.34 bits per heavy atom. The van der Waals surface area contributed by atoms with E-state index in [9.17, 15) is 18.8 Å². The Labute approximate surface area is 171 Å². The van der Waals surface area contributed by atoms with Crippen LogP contribution in [0.15, 0.2) is 18.2 Å². The van der Waals surface area contributed by atoms with Gasteiger partial charge in [-0.3, -0.25) is 9.59 Å². The van der Waals surface area contributed by atoms with Gasteiger partial charge in [0.15, 0.2) is 5.78 Å². The molecule has 0 aliphatic carbocycles. The number of halogens is 1. The largest absolute Gasteiger partial charge is 0.444 e. The van der Waals surface area contributed by atoms with Gasteiger partial charge in [-0.25, -0.2) is 9.18 Å². The minimum absolute atomic E-state index is 0.0167. The summed E-state index contributed by atoms with van der Waals surface area (Å²) in [5.74, 6) is -0.583. The number of rotatable bonds is 6. The molecule has 0 radical (unpaired) electrons. The number of hydrogen-bond donors (Lipinski definition) is 1. The molecule has 1 aromatic rings. The van der Waals surface area contributed by atoms with Gasteiger partial charge in [0.25, 0.3) is 0 Å². The van der Waals surface area contributed by atoms with Gasteiger partial charge in [-0.2, -0.15) is 0 Å². The third-order valence-electron chi connectivity index (χ3n) is 4.56. The number of amides is 2. The summed E-state index contributed by atoms with van der Waals surface area (Å²) in [5, 5.41) is 2.64. The highest BCUT2D eigenvalue weighted by Crippen LogP contribution is 2.22. The second-order valence-corrected chi connectivity index (χ2v) is 8.12. The first kappa shape index (κ1) is 22.6. The molecule has 29 heavy (non-hydrogen) atoms. The molecule has 1 aromatic carbocycles. The molecule has 0 spiro atoms. The molecule has 0 atom stereocenters. The fourth-order valence-electron chi connectivity index (χ4n) is 3.08. The fraction of sp³-hybridized carbons (Fsp3) is 0.571. The molecule has 1 N–H and O–H groups in total. The Kier molecular flexibility index (Phi) is 7.59. The summed E-state index contributed by atoms with van der Waals surface area (Å²) in [6.07, 6.45) is 0.369. The number of anilines is 1. The van der Waals surface area contributed by atoms with Crippen molar-refractivity contribution in [1.82, 2.24) is 10.2 Å². The zero-order chi connectivity index (χ0) is 21.6. The number of ketones is 1. The Bertz CT molecular complexity index is 753. The molecule has 1 saturated heterocycles. The predicted octanol–water partition coefficient (Wildman–Crippen LogP) is 2.98. The Hall–Kier alpha value is -2.64. The van der Waals surface area contributed by atoms with E-state index in [1.807, 2.05) is 4.90 Å². The van der Waals surface area contributed by atoms with Crippen molar-refractivity contribution in [3.63, 3.8) is 0 Å². The normalized spacial score (nSPS) is 14.5. The number of alkyl carbamates (subject to hydrolysis) is 1. The number of piperazine rings is 1. The summed E-state index contributed by atoms with van der Waals surface area (Å²) >= 11 is 0. The maximum Gasteiger partial charge on any atom is 0.407 e. The van der Waals surface area contributed by atoms with Gasteiger partial charge < -0.3 is 19.9 Å². The van der Waals surface area contributed by atoms with E-state index in [1.165, 1.54) is 13.0 Å². The van der Waals surface area contributed by atoms with E-state index in [4.69, 9.17) is 4.74 Å². The lowest BCUT2D eigenvalue weighted by molar-refractivity contribution is -0.131. The number of nitrogens with zero attached hydrogens (tertiary/aromatic N) is 2. The van der Waals surface area contributed by atoms with Crippen LogP contribution in [0.1, 0.15) is 50.9 Å². The first-order valence-corrected chi connectivity index (χ1v) is 9.87. The topological polar surface area (TPSA) is 79.0 Å². The highest BCUT2D eigenvalue weighted by Gasteiger charge is 2.23. The molecule has 1 aliphatic rings. The summed E-state index contributed by atoms with van der Waals surface area (Å²) in [6.45, 7) is 9.21. The molecule has 2 amide bonds. The molecule has 1 fully saturated rings. The molecular formula is C21H30FN3O4. The van der Waals surface area contributed by atoms with E-state index in [2.05, 4.69) is 5.32 Å². The van der Waals surface area contributed by atoms with Gasteiger partial charge in [0.1, 0.15) is 11.4 Å². The van der Waals surface area contributed by atoms with Crippen LogP contribution in [0.3, 0.4) is 0 Å². The number of carbonyl (C=O) groups excluding carboxylic acids is 3. The van der Waals surface area contributed by atoms with Gasteiger partial charge in [0, 0.05) is 44.7 Å². The van der Waals surface area contributed by atoms with Crippen molar-refractivity contribution in [1.29, 1.82) is 0 Å². The predicted molar refractivity (Wildman–Crippen MR) is 109 cm³/mol. The molecule has 7 nitrogen and oxygen atoms in total. The summed E-state index contributed by atoms with van der Waals surface area (Å²) in [6, 6.07) is 4.49. The molecule has 0 bridgehead atoms. The van der Waals surface area contributed by atoms with Crippen LogP contribution in [-0.2, 0) is 9.53 Å². The van der Waals surface area contributed by atoms with Crippen LogP contribution in [0.25, 0.3) is 0 Å². The minimum atomic E-state index is -0.550. The van der Waals surface area contributed by atoms with Crippen molar-refractivity contribution in [2.24, 2.45) is 0 Å². The number of hydrogen-bond acceptors (Lipinski definition) is 5. The fourth-order valence-corrected chi connectivity index (χ4v) is 3.08. The second kappa shape index (κ2) is 9.71. The Balaban J connectivity index is 1.74. The third kappa shape index (κ3) is 7.03. The lowest BCUT2D eigenvalue weighted by Crippen LogP contribution is -2.49. The third-order valence-corrected chi connectivity index (χ3v) is 4.56. The van der Waals surface area contributed by atoms with Gasteiger partial charge in [-0.1, -0.05) is 0 Å². The van der Waals surface area contributed by atoms with E-state index in [0.717, 1.165) is 0 Å². The Morgan fingerprint density at radius 2 is 1.79 bits per heavy atom. The van der Waals surface area contributed by atoms with E-state index in [-0.39, 0.29) is 11.7 Å². The average molecular weight is 407 g/mol. The van der Waals surface area contributed by atoms with Crippen molar-refractivity contribution in [3.8, 4) is 0 Å². The standard InChI is InChI=1S/C21H30FN3O4/c1-15(26)16-7-8-18(17(22)14-16)24-10-12-25(13-11-24)19(27)6-5-9-23-20(28)29-21(2,3)4/h7-8,14H,5-6,9-13H2,1-4H3,(H,23,28). The van der Waals surface area contributed by atoms with Crippen LogP contribution in [0, 0.1) is 5.82 Å². The van der Waals surface area contributed by atoms with Crippen molar-refractivity contribution < 1.29 is 23.5 Å². The van der Waals surface area contributed by atoms with Gasteiger partial charge in [0.2, 0.25) is 5.91 Å². The summed E-state index contributed by atoms with van der Waals surface area (Å²) < 4.78 is 19.4. The number of ether oxygens (including phenoxy) is 1. The average Bonchev–Trinajstić information content (AvgIpc) is 2.63. The number of nitrogens with one attached hydrogen (secondary N) is 1. The van der Waals surface area contributed by atoms with Crippen LogP contribution in [0.2, 0.25) is 0 Å². The van der Waals surface area contributed by atoms with E-state index in [0.29, 0.717) is 56.8 Å². The molecular weight excluding hydrogens is 377 g/mol. The minimum Gasteiger partial charge on any atom is -0.444 e. The molecule has 2 rings (SSSR count). The van der Waals surface area contributed by atoms with Gasteiger partial charge in [0.05, 0.1) is 5.69 Å². The molecule has 0 unspecified atom stereocenters. The molecule has 8 heteroatoms. The maximum absolute atomic E-state index is 14.3. The molecule has 1 heterocycles. The molecule has 0 saturated carbocycles. The first-order valence-electron chi connectivity index (χ1n) is 9.87. The van der Waals surface area contributed by atoms with Gasteiger partial charge in [-0.05, 0) is 52.3 Å². The first-order chi connectivity index (χ1) is 13.6. The summed E-state index contributed by atoms with van der Waals surface area (Å²) in [4.78, 5) is 38.9. The SMILES string of the molecule is CC(=O)c1ccc(N2CCN(C(=O)CCCNC(=O)OC(C)(C)C)CC2)c(F)c1. The van der Waals surface area contributed by atoms with Crippen molar-refractivity contribution in [2.45, 2.75) is 46.1 Å². The summed E-state index contributed by atoms with van der Waals surface area (Å²) in [5.41, 5.74) is 0.245. The number of carbonyl (C=O) groups is 3. The molecule has 0 aromatic heterocycles. The van der Waals surface area contributed by atoms with Crippen molar-refractivity contribution in [3.05, 3.63) is 29.6 Å². The molecule has 160 valence electrons. The maximum atomic E-state index is 14.3. The van der Waals surface area contributed by atoms with Crippen LogP contribution < -0.4 is 10.2 Å². The second-order valence-electron chi connectivity index (χ2n) is 8.12. The quantitative estimate of drug-likeness (QED) is 0.579. The van der Waals surface area contributed by atoms with Crippen LogP contribution in [0.5, 0.6) is 0 Å². The lowest BCUT2D eigenvalue weighted by atomic mass is 10.1.